The number of nitrogens with zero attached hydrogens (tertiary/aromatic N) is 2. The van der Waals surface area contributed by atoms with Gasteiger partial charge in [0, 0.05) is 17.8 Å². The number of hydrogen-bond donors (Lipinski definition) is 1. The van der Waals surface area contributed by atoms with Gasteiger partial charge in [0.2, 0.25) is 0 Å². The molecule has 0 aliphatic heterocycles. The van der Waals surface area contributed by atoms with E-state index in [4.69, 9.17) is 9.47 Å². The zero-order valence-corrected chi connectivity index (χ0v) is 16.1. The number of amides is 1. The minimum absolute atomic E-state index is 0.306. The summed E-state index contributed by atoms with van der Waals surface area (Å²) in [6, 6.07) is 16.7. The van der Waals surface area contributed by atoms with Gasteiger partial charge in [-0.15, -0.1) is 11.3 Å². The number of carbonyl (C=O) groups is 1. The topological polar surface area (TPSA) is 73.3 Å². The quantitative estimate of drug-likeness (QED) is 0.537. The number of aromatic nitrogens is 2. The largest absolute Gasteiger partial charge is 0.497 e. The SMILES string of the molecule is COc1ccc(C(=O)Nc2ccc(-c3nc4ccccc4s3)cn2)c(OC)c1. The number of nitrogens with one attached hydrogen (secondary N) is 1. The van der Waals surface area contributed by atoms with E-state index in [0.717, 1.165) is 20.8 Å². The number of benzene rings is 2. The third kappa shape index (κ3) is 3.52. The van der Waals surface area contributed by atoms with Crippen molar-refractivity contribution in [2.45, 2.75) is 0 Å². The summed E-state index contributed by atoms with van der Waals surface area (Å²) in [6.45, 7) is 0. The summed E-state index contributed by atoms with van der Waals surface area (Å²) in [4.78, 5) is 21.6. The zero-order valence-electron chi connectivity index (χ0n) is 15.3. The molecule has 0 saturated carbocycles. The lowest BCUT2D eigenvalue weighted by Gasteiger charge is -2.10. The summed E-state index contributed by atoms with van der Waals surface area (Å²) < 4.78 is 11.6. The molecule has 2 aromatic heterocycles. The lowest BCUT2D eigenvalue weighted by molar-refractivity contribution is 0.102. The number of methoxy groups -OCH3 is 2. The monoisotopic (exact) mass is 391 g/mol. The molecule has 2 aromatic carbocycles. The summed E-state index contributed by atoms with van der Waals surface area (Å²) in [5, 5.41) is 3.68. The maximum atomic E-state index is 12.6. The van der Waals surface area contributed by atoms with Crippen molar-refractivity contribution in [2.24, 2.45) is 0 Å². The van der Waals surface area contributed by atoms with Crippen LogP contribution in [0.1, 0.15) is 10.4 Å². The van der Waals surface area contributed by atoms with E-state index in [9.17, 15) is 4.79 Å². The van der Waals surface area contributed by atoms with E-state index >= 15 is 0 Å². The molecule has 28 heavy (non-hydrogen) atoms. The minimum Gasteiger partial charge on any atom is -0.497 e. The first-order valence-electron chi connectivity index (χ1n) is 8.53. The first-order valence-corrected chi connectivity index (χ1v) is 9.35. The molecule has 1 N–H and O–H groups in total. The fourth-order valence-corrected chi connectivity index (χ4v) is 3.72. The van der Waals surface area contributed by atoms with E-state index in [1.165, 1.54) is 7.11 Å². The van der Waals surface area contributed by atoms with Gasteiger partial charge < -0.3 is 14.8 Å². The Morgan fingerprint density at radius 1 is 1.04 bits per heavy atom. The van der Waals surface area contributed by atoms with Crippen LogP contribution in [0.3, 0.4) is 0 Å². The summed E-state index contributed by atoms with van der Waals surface area (Å²) in [6.07, 6.45) is 1.71. The second-order valence-corrected chi connectivity index (χ2v) is 6.97. The summed E-state index contributed by atoms with van der Waals surface area (Å²) in [5.41, 5.74) is 2.27. The lowest BCUT2D eigenvalue weighted by atomic mass is 10.1. The molecule has 7 heteroatoms. The number of fused-ring (bicyclic) bond motifs is 1. The van der Waals surface area contributed by atoms with Gasteiger partial charge in [-0.05, 0) is 36.4 Å². The van der Waals surface area contributed by atoms with E-state index in [1.807, 2.05) is 30.3 Å². The van der Waals surface area contributed by atoms with Crippen LogP contribution >= 0.6 is 11.3 Å². The smallest absolute Gasteiger partial charge is 0.260 e. The molecule has 0 unspecified atom stereocenters. The molecule has 0 spiro atoms. The highest BCUT2D eigenvalue weighted by Gasteiger charge is 2.14. The van der Waals surface area contributed by atoms with Crippen molar-refractivity contribution in [3.8, 4) is 22.1 Å². The van der Waals surface area contributed by atoms with E-state index < -0.39 is 0 Å². The average Bonchev–Trinajstić information content (AvgIpc) is 3.18. The average molecular weight is 391 g/mol. The molecule has 4 rings (SSSR count). The lowest BCUT2D eigenvalue weighted by Crippen LogP contribution is -2.14. The molecule has 2 heterocycles. The molecule has 4 aromatic rings. The van der Waals surface area contributed by atoms with Crippen molar-refractivity contribution < 1.29 is 14.3 Å². The van der Waals surface area contributed by atoms with Crippen molar-refractivity contribution in [1.82, 2.24) is 9.97 Å². The fraction of sp³-hybridized carbons (Fsp3) is 0.0952. The number of ether oxygens (including phenoxy) is 2. The molecule has 0 atom stereocenters. The molecular weight excluding hydrogens is 374 g/mol. The van der Waals surface area contributed by atoms with Crippen LogP contribution in [0.25, 0.3) is 20.8 Å². The van der Waals surface area contributed by atoms with Gasteiger partial charge >= 0.3 is 0 Å². The second-order valence-electron chi connectivity index (χ2n) is 5.94. The highest BCUT2D eigenvalue weighted by atomic mass is 32.1. The Kier molecular flexibility index (Phi) is 4.90. The van der Waals surface area contributed by atoms with Crippen molar-refractivity contribution in [1.29, 1.82) is 0 Å². The third-order valence-electron chi connectivity index (χ3n) is 4.20. The molecule has 0 aliphatic rings. The molecule has 0 saturated heterocycles. The normalized spacial score (nSPS) is 10.6. The number of pyridine rings is 1. The van der Waals surface area contributed by atoms with Gasteiger partial charge in [0.25, 0.3) is 5.91 Å². The maximum absolute atomic E-state index is 12.6. The Labute approximate surface area is 165 Å². The van der Waals surface area contributed by atoms with E-state index in [0.29, 0.717) is 22.9 Å². The van der Waals surface area contributed by atoms with Crippen LogP contribution in [-0.2, 0) is 0 Å². The number of para-hydroxylation sites is 1. The van der Waals surface area contributed by atoms with E-state index in [2.05, 4.69) is 15.3 Å². The van der Waals surface area contributed by atoms with Gasteiger partial charge in [0.15, 0.2) is 0 Å². The fourth-order valence-electron chi connectivity index (χ4n) is 2.76. The van der Waals surface area contributed by atoms with Gasteiger partial charge in [-0.1, -0.05) is 12.1 Å². The predicted octanol–water partition coefficient (Wildman–Crippen LogP) is 4.63. The molecule has 1 amide bonds. The van der Waals surface area contributed by atoms with E-state index in [1.54, 1.807) is 48.9 Å². The van der Waals surface area contributed by atoms with Gasteiger partial charge in [-0.3, -0.25) is 4.79 Å². The molecule has 0 fully saturated rings. The third-order valence-corrected chi connectivity index (χ3v) is 5.28. The molecule has 0 bridgehead atoms. The number of anilines is 1. The molecule has 140 valence electrons. The number of hydrogen-bond acceptors (Lipinski definition) is 6. The van der Waals surface area contributed by atoms with Crippen molar-refractivity contribution in [2.75, 3.05) is 19.5 Å². The summed E-state index contributed by atoms with van der Waals surface area (Å²) in [7, 11) is 3.07. The van der Waals surface area contributed by atoms with Crippen LogP contribution in [0.2, 0.25) is 0 Å². The van der Waals surface area contributed by atoms with E-state index in [-0.39, 0.29) is 5.91 Å². The minimum atomic E-state index is -0.306. The zero-order chi connectivity index (χ0) is 19.5. The Morgan fingerprint density at radius 3 is 2.61 bits per heavy atom. The maximum Gasteiger partial charge on any atom is 0.260 e. The van der Waals surface area contributed by atoms with Gasteiger partial charge in [0.05, 0.1) is 30.0 Å². The summed E-state index contributed by atoms with van der Waals surface area (Å²) in [5.74, 6) is 1.20. The van der Waals surface area contributed by atoms with Crippen LogP contribution in [0.5, 0.6) is 11.5 Å². The highest BCUT2D eigenvalue weighted by Crippen LogP contribution is 2.30. The number of rotatable bonds is 5. The standard InChI is InChI=1S/C21H17N3O3S/c1-26-14-8-9-15(17(11-14)27-2)20(25)24-19-10-7-13(12-22-19)21-23-16-5-3-4-6-18(16)28-21/h3-12H,1-2H3,(H,22,24,25). The van der Waals surface area contributed by atoms with Gasteiger partial charge in [0.1, 0.15) is 22.3 Å². The summed E-state index contributed by atoms with van der Waals surface area (Å²) >= 11 is 1.61. The van der Waals surface area contributed by atoms with Crippen molar-refractivity contribution in [3.63, 3.8) is 0 Å². The Balaban J connectivity index is 1.54. The highest BCUT2D eigenvalue weighted by molar-refractivity contribution is 7.21. The first-order chi connectivity index (χ1) is 13.7. The molecular formula is C21H17N3O3S. The van der Waals surface area contributed by atoms with Gasteiger partial charge in [-0.25, -0.2) is 9.97 Å². The molecule has 0 aliphatic carbocycles. The van der Waals surface area contributed by atoms with Crippen LogP contribution in [-0.4, -0.2) is 30.1 Å². The molecule has 6 nitrogen and oxygen atoms in total. The first kappa shape index (κ1) is 17.9. The Hall–Kier alpha value is -3.45. The van der Waals surface area contributed by atoms with Gasteiger partial charge in [-0.2, -0.15) is 0 Å². The van der Waals surface area contributed by atoms with Crippen molar-refractivity contribution in [3.05, 3.63) is 66.4 Å². The predicted molar refractivity (Wildman–Crippen MR) is 110 cm³/mol. The van der Waals surface area contributed by atoms with Crippen LogP contribution < -0.4 is 14.8 Å². The Bertz CT molecular complexity index is 1110. The number of thiazole rings is 1. The Morgan fingerprint density at radius 2 is 1.89 bits per heavy atom. The number of carbonyl (C=O) groups excluding carboxylic acids is 1. The van der Waals surface area contributed by atoms with Crippen LogP contribution in [0.15, 0.2) is 60.8 Å². The van der Waals surface area contributed by atoms with Crippen LogP contribution in [0, 0.1) is 0 Å². The van der Waals surface area contributed by atoms with Crippen molar-refractivity contribution >= 4 is 33.3 Å². The molecule has 0 radical (unpaired) electrons. The second kappa shape index (κ2) is 7.66. The van der Waals surface area contributed by atoms with Crippen LogP contribution in [0.4, 0.5) is 5.82 Å².